The second kappa shape index (κ2) is 6.37. The summed E-state index contributed by atoms with van der Waals surface area (Å²) in [5.41, 5.74) is 1.35. The Morgan fingerprint density at radius 1 is 1.39 bits per heavy atom. The number of carbonyl (C=O) groups excluding carboxylic acids is 1. The van der Waals surface area contributed by atoms with Crippen LogP contribution < -0.4 is 0 Å². The van der Waals surface area contributed by atoms with Crippen LogP contribution in [0.2, 0.25) is 0 Å². The van der Waals surface area contributed by atoms with Gasteiger partial charge in [-0.05, 0) is 30.5 Å². The van der Waals surface area contributed by atoms with Gasteiger partial charge < -0.3 is 4.90 Å². The zero-order valence-corrected chi connectivity index (χ0v) is 12.4. The number of rotatable bonds is 4. The largest absolute Gasteiger partial charge is 0.342 e. The summed E-state index contributed by atoms with van der Waals surface area (Å²) >= 11 is 3.45. The fraction of sp³-hybridized carbons (Fsp3) is 0.533. The Morgan fingerprint density at radius 2 is 2.11 bits per heavy atom. The number of carbonyl (C=O) groups is 1. The zero-order valence-electron chi connectivity index (χ0n) is 10.9. The predicted molar refractivity (Wildman–Crippen MR) is 77.6 cm³/mol. The maximum absolute atomic E-state index is 12.0. The highest BCUT2D eigenvalue weighted by Crippen LogP contribution is 2.28. The number of benzene rings is 1. The summed E-state index contributed by atoms with van der Waals surface area (Å²) in [5, 5.41) is 0. The van der Waals surface area contributed by atoms with Crippen molar-refractivity contribution in [3.8, 4) is 0 Å². The first kappa shape index (κ1) is 13.6. The Hall–Kier alpha value is -0.830. The summed E-state index contributed by atoms with van der Waals surface area (Å²) in [6, 6.07) is 8.48. The molecule has 0 N–H and O–H groups in total. The van der Waals surface area contributed by atoms with E-state index in [2.05, 4.69) is 47.1 Å². The van der Waals surface area contributed by atoms with Crippen molar-refractivity contribution in [1.29, 1.82) is 0 Å². The molecule has 0 radical (unpaired) electrons. The Morgan fingerprint density at radius 3 is 2.78 bits per heavy atom. The van der Waals surface area contributed by atoms with Crippen LogP contribution in [-0.4, -0.2) is 23.9 Å². The number of nitrogens with zero attached hydrogens (tertiary/aromatic N) is 1. The van der Waals surface area contributed by atoms with Gasteiger partial charge in [-0.2, -0.15) is 0 Å². The number of hydrogen-bond acceptors (Lipinski definition) is 1. The number of halogens is 1. The first-order chi connectivity index (χ1) is 8.70. The van der Waals surface area contributed by atoms with Gasteiger partial charge in [-0.25, -0.2) is 0 Å². The normalized spacial score (nSPS) is 19.2. The van der Waals surface area contributed by atoms with E-state index < -0.39 is 0 Å². The van der Waals surface area contributed by atoms with Crippen LogP contribution in [-0.2, 0) is 4.79 Å². The molecule has 0 aromatic heterocycles. The molecule has 1 amide bonds. The van der Waals surface area contributed by atoms with Crippen molar-refractivity contribution in [3.63, 3.8) is 0 Å². The van der Waals surface area contributed by atoms with E-state index in [4.69, 9.17) is 0 Å². The molecule has 1 saturated heterocycles. The monoisotopic (exact) mass is 309 g/mol. The van der Waals surface area contributed by atoms with Crippen LogP contribution in [0.5, 0.6) is 0 Å². The fourth-order valence-electron chi connectivity index (χ4n) is 2.48. The highest BCUT2D eigenvalue weighted by molar-refractivity contribution is 9.10. The van der Waals surface area contributed by atoms with E-state index >= 15 is 0 Å². The number of amides is 1. The summed E-state index contributed by atoms with van der Waals surface area (Å²) in [4.78, 5) is 14.0. The summed E-state index contributed by atoms with van der Waals surface area (Å²) in [6.07, 6.45) is 3.91. The van der Waals surface area contributed by atoms with Crippen LogP contribution in [0.15, 0.2) is 28.7 Å². The van der Waals surface area contributed by atoms with Crippen LogP contribution in [0.25, 0.3) is 0 Å². The molecule has 0 bridgehead atoms. The van der Waals surface area contributed by atoms with E-state index in [-0.39, 0.29) is 0 Å². The molecule has 1 heterocycles. The average Bonchev–Trinajstić information content (AvgIpc) is 2.86. The average molecular weight is 310 g/mol. The van der Waals surface area contributed by atoms with Crippen LogP contribution in [0.3, 0.4) is 0 Å². The third-order valence-corrected chi connectivity index (χ3v) is 4.16. The lowest BCUT2D eigenvalue weighted by atomic mass is 9.99. The number of unbranched alkanes of at least 4 members (excludes halogenated alkanes) is 1. The van der Waals surface area contributed by atoms with Gasteiger partial charge in [0.2, 0.25) is 5.91 Å². The minimum Gasteiger partial charge on any atom is -0.342 e. The van der Waals surface area contributed by atoms with Crippen molar-refractivity contribution in [2.45, 2.75) is 38.5 Å². The first-order valence-electron chi connectivity index (χ1n) is 6.74. The molecule has 0 saturated carbocycles. The molecular weight excluding hydrogens is 290 g/mol. The molecule has 18 heavy (non-hydrogen) atoms. The molecule has 1 aliphatic heterocycles. The molecule has 1 unspecified atom stereocenters. The lowest BCUT2D eigenvalue weighted by Gasteiger charge is -2.16. The molecule has 98 valence electrons. The van der Waals surface area contributed by atoms with Gasteiger partial charge in [0, 0.05) is 29.9 Å². The van der Waals surface area contributed by atoms with Gasteiger partial charge in [0.25, 0.3) is 0 Å². The predicted octanol–water partition coefficient (Wildman–Crippen LogP) is 3.96. The summed E-state index contributed by atoms with van der Waals surface area (Å²) in [6.45, 7) is 3.94. The van der Waals surface area contributed by atoms with Gasteiger partial charge in [-0.3, -0.25) is 4.79 Å². The second-order valence-electron chi connectivity index (χ2n) is 4.98. The van der Waals surface area contributed by atoms with E-state index in [1.54, 1.807) is 0 Å². The Labute approximate surface area is 117 Å². The smallest absolute Gasteiger partial charge is 0.222 e. The lowest BCUT2D eigenvalue weighted by molar-refractivity contribution is -0.130. The van der Waals surface area contributed by atoms with Crippen molar-refractivity contribution in [2.24, 2.45) is 0 Å². The van der Waals surface area contributed by atoms with Gasteiger partial charge in [0.15, 0.2) is 0 Å². The Bertz CT molecular complexity index is 401. The first-order valence-corrected chi connectivity index (χ1v) is 7.53. The maximum atomic E-state index is 12.0. The van der Waals surface area contributed by atoms with Crippen molar-refractivity contribution in [2.75, 3.05) is 13.1 Å². The maximum Gasteiger partial charge on any atom is 0.222 e. The summed E-state index contributed by atoms with van der Waals surface area (Å²) in [5.74, 6) is 0.847. The van der Waals surface area contributed by atoms with Crippen LogP contribution in [0.1, 0.15) is 44.1 Å². The molecule has 1 aliphatic rings. The van der Waals surface area contributed by atoms with Crippen molar-refractivity contribution in [1.82, 2.24) is 4.90 Å². The molecule has 2 rings (SSSR count). The van der Waals surface area contributed by atoms with Gasteiger partial charge in [-0.1, -0.05) is 41.4 Å². The minimum absolute atomic E-state index is 0.330. The van der Waals surface area contributed by atoms with E-state index in [1.165, 1.54) is 5.56 Å². The van der Waals surface area contributed by atoms with Crippen molar-refractivity contribution < 1.29 is 4.79 Å². The lowest BCUT2D eigenvalue weighted by Crippen LogP contribution is -2.28. The Balaban J connectivity index is 1.91. The minimum atomic E-state index is 0.330. The van der Waals surface area contributed by atoms with Crippen molar-refractivity contribution in [3.05, 3.63) is 34.3 Å². The standard InChI is InChI=1S/C15H20BrNO/c1-2-3-4-15(18)17-10-9-13(11-17)12-5-7-14(16)8-6-12/h5-8,13H,2-4,9-11H2,1H3. The summed E-state index contributed by atoms with van der Waals surface area (Å²) < 4.78 is 1.11. The second-order valence-corrected chi connectivity index (χ2v) is 5.90. The molecular formula is C15H20BrNO. The molecule has 3 heteroatoms. The van der Waals surface area contributed by atoms with Crippen LogP contribution in [0.4, 0.5) is 0 Å². The molecule has 0 aliphatic carbocycles. The quantitative estimate of drug-likeness (QED) is 0.824. The zero-order chi connectivity index (χ0) is 13.0. The topological polar surface area (TPSA) is 20.3 Å². The van der Waals surface area contributed by atoms with E-state index in [0.717, 1.165) is 36.8 Å². The van der Waals surface area contributed by atoms with E-state index in [0.29, 0.717) is 18.2 Å². The fourth-order valence-corrected chi connectivity index (χ4v) is 2.74. The van der Waals surface area contributed by atoms with Gasteiger partial charge >= 0.3 is 0 Å². The molecule has 1 fully saturated rings. The molecule has 1 atom stereocenters. The molecule has 0 spiro atoms. The highest BCUT2D eigenvalue weighted by Gasteiger charge is 2.26. The van der Waals surface area contributed by atoms with Crippen molar-refractivity contribution >= 4 is 21.8 Å². The van der Waals surface area contributed by atoms with E-state index in [1.807, 2.05) is 4.90 Å². The SMILES string of the molecule is CCCCC(=O)N1CCC(c2ccc(Br)cc2)C1. The number of hydrogen-bond donors (Lipinski definition) is 0. The Kier molecular flexibility index (Phi) is 4.81. The van der Waals surface area contributed by atoms with E-state index in [9.17, 15) is 4.79 Å². The van der Waals surface area contributed by atoms with Crippen LogP contribution in [0, 0.1) is 0 Å². The van der Waals surface area contributed by atoms with Crippen LogP contribution >= 0.6 is 15.9 Å². The van der Waals surface area contributed by atoms with Gasteiger partial charge in [-0.15, -0.1) is 0 Å². The molecule has 1 aromatic rings. The highest BCUT2D eigenvalue weighted by atomic mass is 79.9. The molecule has 2 nitrogen and oxygen atoms in total. The third kappa shape index (κ3) is 3.35. The van der Waals surface area contributed by atoms with Gasteiger partial charge in [0.1, 0.15) is 0 Å². The summed E-state index contributed by atoms with van der Waals surface area (Å²) in [7, 11) is 0. The number of likely N-dealkylation sites (tertiary alicyclic amines) is 1. The molecule has 1 aromatic carbocycles. The van der Waals surface area contributed by atoms with Gasteiger partial charge in [0.05, 0.1) is 0 Å². The third-order valence-electron chi connectivity index (χ3n) is 3.63.